The Kier molecular flexibility index (Phi) is 13.0. The zero-order chi connectivity index (χ0) is 13.2. The van der Waals surface area contributed by atoms with Crippen molar-refractivity contribution in [2.75, 3.05) is 6.16 Å². The number of hydrogen-bond donors (Lipinski definition) is 1. The molecule has 1 fully saturated rings. The van der Waals surface area contributed by atoms with Crippen molar-refractivity contribution in [1.29, 1.82) is 0 Å². The summed E-state index contributed by atoms with van der Waals surface area (Å²) in [6.07, 6.45) is 15.1. The summed E-state index contributed by atoms with van der Waals surface area (Å²) in [7, 11) is -2.22. The first-order chi connectivity index (χ1) is 8.74. The van der Waals surface area contributed by atoms with Crippen LogP contribution in [0.1, 0.15) is 77.6 Å². The summed E-state index contributed by atoms with van der Waals surface area (Å²) in [6, 6.07) is 0. The first-order valence-electron chi connectivity index (χ1n) is 7.95. The van der Waals surface area contributed by atoms with Crippen LogP contribution in [0.25, 0.3) is 0 Å². The monoisotopic (exact) mass is 282 g/mol. The summed E-state index contributed by atoms with van der Waals surface area (Å²) in [5, 5.41) is 0. The maximum absolute atomic E-state index is 10.7. The molecule has 2 atom stereocenters. The summed E-state index contributed by atoms with van der Waals surface area (Å²) in [6.45, 7) is 2.27. The van der Waals surface area contributed by atoms with Crippen molar-refractivity contribution in [3.8, 4) is 0 Å². The Morgan fingerprint density at radius 3 is 2.32 bits per heavy atom. The quantitative estimate of drug-likeness (QED) is 0.387. The molecule has 1 aliphatic rings. The molecule has 0 aliphatic heterocycles. The standard InChI is InChI=1S/C15H31O2P.Li.H/c1-2-3-9-14(12-7-8-13-18(16)17)15-10-5-4-6-11-15;;/h14-15,18H,2-13H2,1H3,(H,16,17);;. The van der Waals surface area contributed by atoms with Crippen LogP contribution in [0.3, 0.4) is 0 Å². The van der Waals surface area contributed by atoms with Crippen LogP contribution in [0.5, 0.6) is 0 Å². The molecule has 2 unspecified atom stereocenters. The third-order valence-corrected chi connectivity index (χ3v) is 5.24. The fourth-order valence-electron chi connectivity index (χ4n) is 3.37. The molecule has 0 aromatic heterocycles. The molecule has 110 valence electrons. The van der Waals surface area contributed by atoms with Crippen LogP contribution in [-0.4, -0.2) is 29.9 Å². The van der Waals surface area contributed by atoms with E-state index in [-0.39, 0.29) is 18.9 Å². The van der Waals surface area contributed by atoms with Gasteiger partial charge in [-0.05, 0) is 18.3 Å². The summed E-state index contributed by atoms with van der Waals surface area (Å²) in [5.41, 5.74) is 0. The van der Waals surface area contributed by atoms with Gasteiger partial charge in [-0.3, -0.25) is 4.57 Å². The van der Waals surface area contributed by atoms with Crippen LogP contribution < -0.4 is 0 Å². The van der Waals surface area contributed by atoms with Gasteiger partial charge in [0.2, 0.25) is 0 Å². The average Bonchev–Trinajstić information content (AvgIpc) is 2.38. The Balaban J connectivity index is 0.00000324. The number of rotatable bonds is 9. The van der Waals surface area contributed by atoms with Gasteiger partial charge in [0, 0.05) is 6.16 Å². The molecule has 19 heavy (non-hydrogen) atoms. The first-order valence-corrected chi connectivity index (χ1v) is 9.52. The van der Waals surface area contributed by atoms with E-state index in [0.29, 0.717) is 6.16 Å². The first kappa shape index (κ1) is 19.8. The van der Waals surface area contributed by atoms with E-state index in [1.807, 2.05) is 0 Å². The van der Waals surface area contributed by atoms with Crippen LogP contribution in [0.4, 0.5) is 0 Å². The van der Waals surface area contributed by atoms with Crippen LogP contribution in [0.15, 0.2) is 0 Å². The van der Waals surface area contributed by atoms with Crippen molar-refractivity contribution in [3.63, 3.8) is 0 Å². The van der Waals surface area contributed by atoms with E-state index in [0.717, 1.165) is 24.7 Å². The van der Waals surface area contributed by atoms with Gasteiger partial charge in [-0.25, -0.2) is 0 Å². The molecule has 0 spiro atoms. The Hall–Kier alpha value is 0.787. The Morgan fingerprint density at radius 1 is 1.11 bits per heavy atom. The van der Waals surface area contributed by atoms with E-state index in [2.05, 4.69) is 6.92 Å². The van der Waals surface area contributed by atoms with Crippen LogP contribution >= 0.6 is 8.03 Å². The van der Waals surface area contributed by atoms with Gasteiger partial charge in [0.05, 0.1) is 0 Å². The zero-order valence-corrected chi connectivity index (χ0v) is 13.0. The Labute approximate surface area is 132 Å². The SMILES string of the molecule is CCCCC(CCCC[PH](=O)O)C1CCCCC1.[LiH]. The summed E-state index contributed by atoms with van der Waals surface area (Å²) >= 11 is 0. The average molecular weight is 282 g/mol. The minimum absolute atomic E-state index is 0. The second-order valence-electron chi connectivity index (χ2n) is 5.94. The molecular formula is C15H32LiO2P. The van der Waals surface area contributed by atoms with Crippen molar-refractivity contribution in [3.05, 3.63) is 0 Å². The molecule has 1 aliphatic carbocycles. The molecule has 0 bridgehead atoms. The van der Waals surface area contributed by atoms with Gasteiger partial charge in [-0.1, -0.05) is 71.1 Å². The molecule has 1 N–H and O–H groups in total. The fraction of sp³-hybridized carbons (Fsp3) is 1.00. The number of hydrogen-bond acceptors (Lipinski definition) is 1. The van der Waals surface area contributed by atoms with Crippen LogP contribution in [0.2, 0.25) is 0 Å². The van der Waals surface area contributed by atoms with E-state index >= 15 is 0 Å². The molecule has 1 saturated carbocycles. The van der Waals surface area contributed by atoms with Crippen molar-refractivity contribution >= 4 is 26.9 Å². The summed E-state index contributed by atoms with van der Waals surface area (Å²) in [4.78, 5) is 8.85. The van der Waals surface area contributed by atoms with Gasteiger partial charge >= 0.3 is 18.9 Å². The molecule has 0 aromatic rings. The van der Waals surface area contributed by atoms with Gasteiger partial charge in [0.15, 0.2) is 8.03 Å². The summed E-state index contributed by atoms with van der Waals surface area (Å²) < 4.78 is 10.7. The molecule has 0 saturated heterocycles. The molecule has 0 aromatic carbocycles. The molecule has 1 rings (SSSR count). The second kappa shape index (κ2) is 12.5. The predicted octanol–water partition coefficient (Wildman–Crippen LogP) is 4.36. The normalized spacial score (nSPS) is 19.7. The van der Waals surface area contributed by atoms with E-state index in [4.69, 9.17) is 4.89 Å². The summed E-state index contributed by atoms with van der Waals surface area (Å²) in [5.74, 6) is 1.85. The van der Waals surface area contributed by atoms with Gasteiger partial charge in [0.1, 0.15) is 0 Å². The molecule has 0 radical (unpaired) electrons. The molecule has 2 nitrogen and oxygen atoms in total. The second-order valence-corrected chi connectivity index (χ2v) is 7.23. The topological polar surface area (TPSA) is 37.3 Å². The Morgan fingerprint density at radius 2 is 1.74 bits per heavy atom. The van der Waals surface area contributed by atoms with E-state index in [1.165, 1.54) is 57.8 Å². The maximum atomic E-state index is 10.7. The molecule has 0 heterocycles. The Bertz CT molecular complexity index is 230. The molecule has 4 heteroatoms. The van der Waals surface area contributed by atoms with Crippen molar-refractivity contribution in [1.82, 2.24) is 0 Å². The van der Waals surface area contributed by atoms with Gasteiger partial charge in [-0.2, -0.15) is 0 Å². The predicted molar refractivity (Wildman–Crippen MR) is 86.7 cm³/mol. The van der Waals surface area contributed by atoms with Gasteiger partial charge in [0.25, 0.3) is 0 Å². The zero-order valence-electron chi connectivity index (χ0n) is 12.0. The molecular weight excluding hydrogens is 250 g/mol. The van der Waals surface area contributed by atoms with Crippen LogP contribution in [-0.2, 0) is 4.57 Å². The third-order valence-electron chi connectivity index (χ3n) is 4.46. The van der Waals surface area contributed by atoms with Crippen LogP contribution in [0, 0.1) is 11.8 Å². The van der Waals surface area contributed by atoms with Crippen molar-refractivity contribution in [2.45, 2.75) is 77.6 Å². The fourth-order valence-corrected chi connectivity index (χ4v) is 3.92. The third kappa shape index (κ3) is 9.36. The van der Waals surface area contributed by atoms with Crippen molar-refractivity contribution < 1.29 is 9.46 Å². The van der Waals surface area contributed by atoms with E-state index < -0.39 is 8.03 Å². The van der Waals surface area contributed by atoms with Gasteiger partial charge < -0.3 is 4.89 Å². The number of unbranched alkanes of at least 4 members (excludes halogenated alkanes) is 2. The van der Waals surface area contributed by atoms with Crippen molar-refractivity contribution in [2.24, 2.45) is 11.8 Å². The molecule has 0 amide bonds. The van der Waals surface area contributed by atoms with E-state index in [1.54, 1.807) is 0 Å². The van der Waals surface area contributed by atoms with E-state index in [9.17, 15) is 4.57 Å². The minimum atomic E-state index is -2.22. The van der Waals surface area contributed by atoms with Gasteiger partial charge in [-0.15, -0.1) is 0 Å².